The Balaban J connectivity index is 1.61. The summed E-state index contributed by atoms with van der Waals surface area (Å²) in [4.78, 5) is 19.7. The zero-order chi connectivity index (χ0) is 16.5. The Morgan fingerprint density at radius 1 is 1.25 bits per heavy atom. The van der Waals surface area contributed by atoms with Gasteiger partial charge in [0.1, 0.15) is 12.1 Å². The molecule has 1 saturated heterocycles. The fourth-order valence-corrected chi connectivity index (χ4v) is 2.92. The number of piperidine rings is 1. The van der Waals surface area contributed by atoms with Crippen LogP contribution in [0.15, 0.2) is 29.1 Å². The van der Waals surface area contributed by atoms with Crippen LogP contribution in [0.2, 0.25) is 0 Å². The molecule has 3 aromatic rings. The third kappa shape index (κ3) is 2.88. The van der Waals surface area contributed by atoms with E-state index in [0.717, 1.165) is 31.5 Å². The number of oxazole rings is 1. The average Bonchev–Trinajstić information content (AvgIpc) is 3.11. The fraction of sp³-hybridized carbons (Fsp3) is 0.375. The van der Waals surface area contributed by atoms with Crippen molar-refractivity contribution >= 4 is 22.8 Å². The molecule has 4 heterocycles. The quantitative estimate of drug-likeness (QED) is 0.750. The molecule has 0 unspecified atom stereocenters. The van der Waals surface area contributed by atoms with Gasteiger partial charge < -0.3 is 20.4 Å². The number of pyridine rings is 1. The summed E-state index contributed by atoms with van der Waals surface area (Å²) < 4.78 is 5.29. The number of hydrogen-bond donors (Lipinski definition) is 2. The van der Waals surface area contributed by atoms with Crippen LogP contribution in [0, 0.1) is 0 Å². The molecule has 124 valence electrons. The smallest absolute Gasteiger partial charge is 0.227 e. The number of hydrogen-bond acceptors (Lipinski definition) is 8. The van der Waals surface area contributed by atoms with Gasteiger partial charge in [0.2, 0.25) is 11.8 Å². The first kappa shape index (κ1) is 14.8. The molecule has 1 fully saturated rings. The number of anilines is 2. The Morgan fingerprint density at radius 3 is 2.83 bits per heavy atom. The molecule has 1 aliphatic heterocycles. The maximum absolute atomic E-state index is 6.12. The Kier molecular flexibility index (Phi) is 3.73. The van der Waals surface area contributed by atoms with E-state index in [1.165, 1.54) is 6.26 Å². The second-order valence-electron chi connectivity index (χ2n) is 6.09. The minimum Gasteiger partial charge on any atom is -0.444 e. The van der Waals surface area contributed by atoms with Crippen molar-refractivity contribution in [1.29, 1.82) is 0 Å². The Bertz CT molecular complexity index is 841. The summed E-state index contributed by atoms with van der Waals surface area (Å²) in [6.45, 7) is 2.14. The highest BCUT2D eigenvalue weighted by Gasteiger charge is 2.18. The molecular weight excluding hydrogens is 306 g/mol. The first-order valence-corrected chi connectivity index (χ1v) is 7.97. The monoisotopic (exact) mass is 325 g/mol. The number of nitrogen functional groups attached to an aromatic ring is 1. The van der Waals surface area contributed by atoms with Crippen molar-refractivity contribution in [3.05, 3.63) is 24.7 Å². The van der Waals surface area contributed by atoms with Crippen LogP contribution >= 0.6 is 0 Å². The SMILES string of the molecule is CN1CCC(Nc2nc(N)c3cc(-c4ncco4)cnc3n2)CC1. The van der Waals surface area contributed by atoms with Crippen molar-refractivity contribution in [3.8, 4) is 11.5 Å². The van der Waals surface area contributed by atoms with Crippen molar-refractivity contribution in [2.75, 3.05) is 31.2 Å². The first-order chi connectivity index (χ1) is 11.7. The van der Waals surface area contributed by atoms with Crippen molar-refractivity contribution in [1.82, 2.24) is 24.8 Å². The Hall–Kier alpha value is -2.74. The lowest BCUT2D eigenvalue weighted by molar-refractivity contribution is 0.263. The predicted octanol–water partition coefficient (Wildman–Crippen LogP) is 1.77. The maximum atomic E-state index is 6.12. The van der Waals surface area contributed by atoms with E-state index in [1.807, 2.05) is 6.07 Å². The van der Waals surface area contributed by atoms with Crippen LogP contribution in [0.1, 0.15) is 12.8 Å². The molecule has 3 aromatic heterocycles. The number of rotatable bonds is 3. The minimum atomic E-state index is 0.365. The molecule has 3 N–H and O–H groups in total. The summed E-state index contributed by atoms with van der Waals surface area (Å²) in [6.07, 6.45) is 6.92. The van der Waals surface area contributed by atoms with E-state index in [1.54, 1.807) is 12.4 Å². The van der Waals surface area contributed by atoms with Crippen molar-refractivity contribution in [2.45, 2.75) is 18.9 Å². The van der Waals surface area contributed by atoms with E-state index in [4.69, 9.17) is 10.2 Å². The molecule has 0 radical (unpaired) electrons. The normalized spacial score (nSPS) is 16.5. The lowest BCUT2D eigenvalue weighted by Crippen LogP contribution is -2.37. The van der Waals surface area contributed by atoms with Gasteiger partial charge in [-0.3, -0.25) is 0 Å². The lowest BCUT2D eigenvalue weighted by atomic mass is 10.1. The van der Waals surface area contributed by atoms with Crippen LogP contribution in [-0.4, -0.2) is 51.0 Å². The van der Waals surface area contributed by atoms with Crippen molar-refractivity contribution in [3.63, 3.8) is 0 Å². The average molecular weight is 325 g/mol. The van der Waals surface area contributed by atoms with Crippen molar-refractivity contribution in [2.24, 2.45) is 0 Å². The summed E-state index contributed by atoms with van der Waals surface area (Å²) >= 11 is 0. The number of nitrogens with zero attached hydrogens (tertiary/aromatic N) is 5. The van der Waals surface area contributed by atoms with Gasteiger partial charge in [0.05, 0.1) is 17.1 Å². The molecule has 0 spiro atoms. The van der Waals surface area contributed by atoms with Gasteiger partial charge in [0.25, 0.3) is 0 Å². The topological polar surface area (TPSA) is 106 Å². The Labute approximate surface area is 139 Å². The Morgan fingerprint density at radius 2 is 2.08 bits per heavy atom. The van der Waals surface area contributed by atoms with E-state index in [0.29, 0.717) is 34.7 Å². The number of nitrogens with one attached hydrogen (secondary N) is 1. The molecule has 8 heteroatoms. The predicted molar refractivity (Wildman–Crippen MR) is 91.4 cm³/mol. The standard InChI is InChI=1S/C16H19N7O/c1-23-5-2-11(3-6-23)20-16-21-13(17)12-8-10(9-19-14(12)22-16)15-18-4-7-24-15/h4,7-9,11H,2-3,5-6H2,1H3,(H3,17,19,20,21,22). The highest BCUT2D eigenvalue weighted by molar-refractivity contribution is 5.88. The molecule has 0 amide bonds. The van der Waals surface area contributed by atoms with E-state index in [2.05, 4.69) is 37.2 Å². The first-order valence-electron chi connectivity index (χ1n) is 7.97. The molecule has 0 atom stereocenters. The highest BCUT2D eigenvalue weighted by atomic mass is 16.3. The zero-order valence-electron chi connectivity index (χ0n) is 13.4. The van der Waals surface area contributed by atoms with E-state index < -0.39 is 0 Å². The highest BCUT2D eigenvalue weighted by Crippen LogP contribution is 2.25. The summed E-state index contributed by atoms with van der Waals surface area (Å²) in [6, 6.07) is 2.22. The fourth-order valence-electron chi connectivity index (χ4n) is 2.92. The van der Waals surface area contributed by atoms with Gasteiger partial charge in [-0.05, 0) is 39.0 Å². The van der Waals surface area contributed by atoms with Crippen LogP contribution in [0.25, 0.3) is 22.5 Å². The molecule has 24 heavy (non-hydrogen) atoms. The summed E-state index contributed by atoms with van der Waals surface area (Å²) in [5, 5.41) is 4.07. The largest absolute Gasteiger partial charge is 0.444 e. The molecule has 0 saturated carbocycles. The summed E-state index contributed by atoms with van der Waals surface area (Å²) in [5.74, 6) is 1.43. The van der Waals surface area contributed by atoms with Crippen LogP contribution < -0.4 is 11.1 Å². The van der Waals surface area contributed by atoms with Crippen LogP contribution in [0.4, 0.5) is 11.8 Å². The zero-order valence-corrected chi connectivity index (χ0v) is 13.4. The molecule has 1 aliphatic rings. The molecular formula is C16H19N7O. The molecule has 0 bridgehead atoms. The third-order valence-electron chi connectivity index (χ3n) is 4.31. The number of nitrogens with two attached hydrogens (primary N) is 1. The van der Waals surface area contributed by atoms with E-state index in [9.17, 15) is 0 Å². The molecule has 8 nitrogen and oxygen atoms in total. The van der Waals surface area contributed by atoms with Crippen LogP contribution in [-0.2, 0) is 0 Å². The van der Waals surface area contributed by atoms with Crippen molar-refractivity contribution < 1.29 is 4.42 Å². The number of likely N-dealkylation sites (tertiary alicyclic amines) is 1. The second kappa shape index (κ2) is 6.04. The van der Waals surface area contributed by atoms with Crippen LogP contribution in [0.3, 0.4) is 0 Å². The lowest BCUT2D eigenvalue weighted by Gasteiger charge is -2.29. The van der Waals surface area contributed by atoms with Gasteiger partial charge in [-0.2, -0.15) is 9.97 Å². The molecule has 4 rings (SSSR count). The van der Waals surface area contributed by atoms with E-state index >= 15 is 0 Å². The van der Waals surface area contributed by atoms with Gasteiger partial charge in [0.15, 0.2) is 5.65 Å². The minimum absolute atomic E-state index is 0.365. The maximum Gasteiger partial charge on any atom is 0.227 e. The summed E-state index contributed by atoms with van der Waals surface area (Å²) in [5.41, 5.74) is 7.43. The molecule has 0 aromatic carbocycles. The number of aromatic nitrogens is 4. The number of fused-ring (bicyclic) bond motifs is 1. The van der Waals surface area contributed by atoms with Gasteiger partial charge in [-0.15, -0.1) is 0 Å². The van der Waals surface area contributed by atoms with Gasteiger partial charge in [0, 0.05) is 12.2 Å². The van der Waals surface area contributed by atoms with E-state index in [-0.39, 0.29) is 0 Å². The summed E-state index contributed by atoms with van der Waals surface area (Å²) in [7, 11) is 2.14. The third-order valence-corrected chi connectivity index (χ3v) is 4.31. The van der Waals surface area contributed by atoms with Gasteiger partial charge in [-0.25, -0.2) is 9.97 Å². The van der Waals surface area contributed by atoms with Crippen LogP contribution in [0.5, 0.6) is 0 Å². The van der Waals surface area contributed by atoms with Gasteiger partial charge in [-0.1, -0.05) is 0 Å². The second-order valence-corrected chi connectivity index (χ2v) is 6.09. The molecule has 0 aliphatic carbocycles. The van der Waals surface area contributed by atoms with Gasteiger partial charge >= 0.3 is 0 Å².